The lowest BCUT2D eigenvalue weighted by Crippen LogP contribution is -2.48. The zero-order valence-corrected chi connectivity index (χ0v) is 19.3. The molecule has 2 aliphatic rings. The Morgan fingerprint density at radius 3 is 2.94 bits per heavy atom. The second kappa shape index (κ2) is 10.2. The second-order valence-corrected chi connectivity index (χ2v) is 8.58. The van der Waals surface area contributed by atoms with E-state index in [0.29, 0.717) is 47.1 Å². The molecule has 1 saturated heterocycles. The van der Waals surface area contributed by atoms with E-state index in [2.05, 4.69) is 36.2 Å². The monoisotopic (exact) mass is 477 g/mol. The first-order chi connectivity index (χ1) is 17.1. The van der Waals surface area contributed by atoms with Gasteiger partial charge in [0.05, 0.1) is 24.0 Å². The summed E-state index contributed by atoms with van der Waals surface area (Å²) in [4.78, 5) is 37.4. The van der Waals surface area contributed by atoms with E-state index < -0.39 is 0 Å². The summed E-state index contributed by atoms with van der Waals surface area (Å²) in [6, 6.07) is 9.37. The summed E-state index contributed by atoms with van der Waals surface area (Å²) in [7, 11) is 1.55. The highest BCUT2D eigenvalue weighted by molar-refractivity contribution is 5.99. The number of carbonyl (C=O) groups excluding carboxylic acids is 2. The van der Waals surface area contributed by atoms with Gasteiger partial charge in [-0.3, -0.25) is 14.6 Å². The number of aromatic nitrogens is 3. The predicted molar refractivity (Wildman–Crippen MR) is 129 cm³/mol. The molecule has 4 N–H and O–H groups in total. The van der Waals surface area contributed by atoms with Crippen molar-refractivity contribution < 1.29 is 19.1 Å². The highest BCUT2D eigenvalue weighted by Gasteiger charge is 2.23. The number of pyridine rings is 3. The average molecular weight is 478 g/mol. The van der Waals surface area contributed by atoms with Crippen LogP contribution < -0.4 is 30.7 Å². The number of carbonyl (C=O) groups is 2. The van der Waals surface area contributed by atoms with Gasteiger partial charge in [-0.2, -0.15) is 0 Å². The minimum absolute atomic E-state index is 0.0179. The number of rotatable bonds is 7. The van der Waals surface area contributed by atoms with Crippen molar-refractivity contribution in [2.75, 3.05) is 30.9 Å². The van der Waals surface area contributed by atoms with Gasteiger partial charge >= 0.3 is 0 Å². The van der Waals surface area contributed by atoms with Crippen LogP contribution in [0.1, 0.15) is 25.0 Å². The van der Waals surface area contributed by atoms with Crippen LogP contribution in [0.5, 0.6) is 11.6 Å². The maximum atomic E-state index is 12.7. The van der Waals surface area contributed by atoms with Gasteiger partial charge in [-0.1, -0.05) is 0 Å². The Morgan fingerprint density at radius 2 is 2.11 bits per heavy atom. The maximum Gasteiger partial charge on any atom is 0.263 e. The number of piperidine rings is 1. The van der Waals surface area contributed by atoms with Crippen molar-refractivity contribution in [2.24, 2.45) is 0 Å². The lowest BCUT2D eigenvalue weighted by molar-refractivity contribution is -0.119. The third kappa shape index (κ3) is 5.47. The Morgan fingerprint density at radius 1 is 1.20 bits per heavy atom. The second-order valence-electron chi connectivity index (χ2n) is 8.58. The van der Waals surface area contributed by atoms with Gasteiger partial charge in [0.2, 0.25) is 11.8 Å². The quantitative estimate of drug-likeness (QED) is 0.399. The van der Waals surface area contributed by atoms with Crippen molar-refractivity contribution in [2.45, 2.75) is 37.9 Å². The molecule has 2 aliphatic heterocycles. The van der Waals surface area contributed by atoms with Crippen LogP contribution in [-0.4, -0.2) is 59.1 Å². The van der Waals surface area contributed by atoms with Gasteiger partial charge in [0.1, 0.15) is 5.52 Å². The topological polar surface area (TPSA) is 139 Å². The molecular formula is C24H27N7O4. The van der Waals surface area contributed by atoms with E-state index >= 15 is 0 Å². The summed E-state index contributed by atoms with van der Waals surface area (Å²) in [5, 5.41) is 12.7. The molecular weight excluding hydrogens is 450 g/mol. The fourth-order valence-corrected chi connectivity index (χ4v) is 4.26. The van der Waals surface area contributed by atoms with Crippen LogP contribution in [0.4, 0.5) is 11.5 Å². The molecule has 5 heterocycles. The number of methoxy groups -OCH3 is 1. The van der Waals surface area contributed by atoms with E-state index in [1.807, 2.05) is 18.2 Å². The number of amides is 2. The van der Waals surface area contributed by atoms with Crippen LogP contribution in [0, 0.1) is 0 Å². The lowest BCUT2D eigenvalue weighted by atomic mass is 9.98. The number of fused-ring (bicyclic) bond motifs is 2. The van der Waals surface area contributed by atoms with Crippen molar-refractivity contribution in [1.29, 1.82) is 0 Å². The zero-order valence-electron chi connectivity index (χ0n) is 19.3. The van der Waals surface area contributed by atoms with Crippen LogP contribution in [0.3, 0.4) is 0 Å². The summed E-state index contributed by atoms with van der Waals surface area (Å²) in [5.74, 6) is 1.24. The normalized spacial score (nSPS) is 19.4. The van der Waals surface area contributed by atoms with Gasteiger partial charge in [-0.15, -0.1) is 0 Å². The van der Waals surface area contributed by atoms with Crippen LogP contribution >= 0.6 is 0 Å². The highest BCUT2D eigenvalue weighted by atomic mass is 16.5. The fourth-order valence-electron chi connectivity index (χ4n) is 4.26. The standard InChI is InChI=1S/C24H27N7O4/c1-34-22-7-5-17-23(31-22)18(8-9-25-17)29-20(32)10-14-2-3-15(11-26-14)27-12-16-4-6-19-24(28-16)30-21(33)13-35-19/h4-9,14-15,26-27H,2-3,10-13H2,1H3,(H,25,29,32)(H,28,30,33)/t14-,15+/m0/s1. The number of hydrogen-bond donors (Lipinski definition) is 4. The van der Waals surface area contributed by atoms with E-state index in [9.17, 15) is 9.59 Å². The molecule has 3 aromatic heterocycles. The third-order valence-electron chi connectivity index (χ3n) is 6.09. The minimum atomic E-state index is -0.199. The number of hydrogen-bond acceptors (Lipinski definition) is 9. The Labute approximate surface area is 202 Å². The van der Waals surface area contributed by atoms with E-state index in [1.165, 1.54) is 0 Å². The fraction of sp³-hybridized carbons (Fsp3) is 0.375. The van der Waals surface area contributed by atoms with Crippen LogP contribution in [0.15, 0.2) is 36.5 Å². The molecule has 0 saturated carbocycles. The molecule has 5 rings (SSSR count). The molecule has 0 aliphatic carbocycles. The number of nitrogens with one attached hydrogen (secondary N) is 4. The molecule has 0 unspecified atom stereocenters. The number of ether oxygens (including phenoxy) is 2. The van der Waals surface area contributed by atoms with E-state index in [0.717, 1.165) is 25.1 Å². The molecule has 0 spiro atoms. The number of anilines is 2. The first-order valence-corrected chi connectivity index (χ1v) is 11.6. The average Bonchev–Trinajstić information content (AvgIpc) is 2.88. The Bertz CT molecular complexity index is 1240. The van der Waals surface area contributed by atoms with Crippen molar-refractivity contribution in [1.82, 2.24) is 25.6 Å². The first kappa shape index (κ1) is 22.9. The summed E-state index contributed by atoms with van der Waals surface area (Å²) in [6.07, 6.45) is 3.83. The molecule has 0 radical (unpaired) electrons. The van der Waals surface area contributed by atoms with Crippen LogP contribution in [0.2, 0.25) is 0 Å². The summed E-state index contributed by atoms with van der Waals surface area (Å²) >= 11 is 0. The van der Waals surface area contributed by atoms with Crippen molar-refractivity contribution >= 4 is 34.4 Å². The largest absolute Gasteiger partial charge is 0.481 e. The van der Waals surface area contributed by atoms with Gasteiger partial charge in [0.25, 0.3) is 5.91 Å². The van der Waals surface area contributed by atoms with E-state index in [4.69, 9.17) is 9.47 Å². The van der Waals surface area contributed by atoms with Gasteiger partial charge in [0.15, 0.2) is 18.2 Å². The van der Waals surface area contributed by atoms with Gasteiger partial charge < -0.3 is 30.7 Å². The molecule has 11 nitrogen and oxygen atoms in total. The molecule has 3 aromatic rings. The number of nitrogens with zero attached hydrogens (tertiary/aromatic N) is 3. The SMILES string of the molecule is COc1ccc2nccc(NC(=O)C[C@@H]3CC[C@@H](NCc4ccc5c(n4)NC(=O)CO5)CN3)c2n1. The smallest absolute Gasteiger partial charge is 0.263 e. The summed E-state index contributed by atoms with van der Waals surface area (Å²) < 4.78 is 10.5. The molecule has 0 bridgehead atoms. The van der Waals surface area contributed by atoms with Gasteiger partial charge in [-0.05, 0) is 37.1 Å². The molecule has 2 atom stereocenters. The highest BCUT2D eigenvalue weighted by Crippen LogP contribution is 2.25. The lowest BCUT2D eigenvalue weighted by Gasteiger charge is -2.30. The first-order valence-electron chi connectivity index (χ1n) is 11.6. The van der Waals surface area contributed by atoms with Crippen LogP contribution in [-0.2, 0) is 16.1 Å². The van der Waals surface area contributed by atoms with Gasteiger partial charge in [0, 0.05) is 43.9 Å². The molecule has 35 heavy (non-hydrogen) atoms. The molecule has 1 fully saturated rings. The van der Waals surface area contributed by atoms with Crippen molar-refractivity contribution in [3.05, 3.63) is 42.2 Å². The molecule has 2 amide bonds. The maximum absolute atomic E-state index is 12.7. The predicted octanol–water partition coefficient (Wildman–Crippen LogP) is 1.60. The summed E-state index contributed by atoms with van der Waals surface area (Å²) in [5.41, 5.74) is 2.74. The third-order valence-corrected chi connectivity index (χ3v) is 6.09. The van der Waals surface area contributed by atoms with Crippen LogP contribution in [0.25, 0.3) is 11.0 Å². The molecule has 11 heteroatoms. The minimum Gasteiger partial charge on any atom is -0.481 e. The van der Waals surface area contributed by atoms with Crippen molar-refractivity contribution in [3.8, 4) is 11.6 Å². The summed E-state index contributed by atoms with van der Waals surface area (Å²) in [6.45, 7) is 1.34. The molecule has 0 aromatic carbocycles. The van der Waals surface area contributed by atoms with E-state index in [1.54, 1.807) is 25.4 Å². The van der Waals surface area contributed by atoms with E-state index in [-0.39, 0.29) is 30.5 Å². The Hall–Kier alpha value is -3.83. The Kier molecular flexibility index (Phi) is 6.68. The zero-order chi connectivity index (χ0) is 24.2. The van der Waals surface area contributed by atoms with Crippen molar-refractivity contribution in [3.63, 3.8) is 0 Å². The van der Waals surface area contributed by atoms with Gasteiger partial charge in [-0.25, -0.2) is 9.97 Å². The Balaban J connectivity index is 1.10. The molecule has 182 valence electrons.